The smallest absolute Gasteiger partial charge is 0.334 e. The van der Waals surface area contributed by atoms with E-state index in [1.165, 1.54) is 17.7 Å². The van der Waals surface area contributed by atoms with Crippen LogP contribution >= 0.6 is 11.3 Å². The third-order valence-corrected chi connectivity index (χ3v) is 3.82. The highest BCUT2D eigenvalue weighted by Gasteiger charge is 2.30. The molecule has 1 aliphatic carbocycles. The molecule has 0 atom stereocenters. The zero-order chi connectivity index (χ0) is 13.0. The predicted octanol–water partition coefficient (Wildman–Crippen LogP) is 2.83. The van der Waals surface area contributed by atoms with Crippen molar-refractivity contribution in [2.24, 2.45) is 0 Å². The highest BCUT2D eigenvalue weighted by Crippen LogP contribution is 2.29. The van der Waals surface area contributed by atoms with E-state index in [0.717, 1.165) is 6.54 Å². The average molecular weight is 265 g/mol. The lowest BCUT2D eigenvalue weighted by Crippen LogP contribution is -2.29. The molecule has 1 saturated carbocycles. The number of nitrogens with zero attached hydrogens (tertiary/aromatic N) is 1. The zero-order valence-electron chi connectivity index (χ0n) is 10.7. The van der Waals surface area contributed by atoms with Crippen molar-refractivity contribution in [3.63, 3.8) is 0 Å². The molecular formula is C14H19NO2S. The number of hydrogen-bond acceptors (Lipinski definition) is 4. The fourth-order valence-electron chi connectivity index (χ4n) is 1.90. The van der Waals surface area contributed by atoms with Gasteiger partial charge >= 0.3 is 5.97 Å². The highest BCUT2D eigenvalue weighted by molar-refractivity contribution is 7.09. The molecule has 0 radical (unpaired) electrons. The fourth-order valence-corrected chi connectivity index (χ4v) is 2.63. The molecule has 1 aliphatic rings. The Kier molecular flexibility index (Phi) is 4.55. The van der Waals surface area contributed by atoms with E-state index < -0.39 is 0 Å². The van der Waals surface area contributed by atoms with Gasteiger partial charge in [-0.2, -0.15) is 0 Å². The third-order valence-electron chi connectivity index (χ3n) is 2.96. The molecule has 0 amide bonds. The van der Waals surface area contributed by atoms with Gasteiger partial charge in [0.1, 0.15) is 0 Å². The second-order valence-electron chi connectivity index (χ2n) is 4.54. The summed E-state index contributed by atoms with van der Waals surface area (Å²) in [6.45, 7) is 7.58. The van der Waals surface area contributed by atoms with Gasteiger partial charge in [0, 0.05) is 29.6 Å². The highest BCUT2D eigenvalue weighted by atomic mass is 32.1. The number of esters is 1. The Morgan fingerprint density at radius 3 is 2.94 bits per heavy atom. The maximum absolute atomic E-state index is 11.6. The van der Waals surface area contributed by atoms with Crippen LogP contribution in [0.5, 0.6) is 0 Å². The van der Waals surface area contributed by atoms with Crippen molar-refractivity contribution in [3.05, 3.63) is 34.5 Å². The van der Waals surface area contributed by atoms with Crippen molar-refractivity contribution < 1.29 is 9.53 Å². The molecule has 1 fully saturated rings. The lowest BCUT2D eigenvalue weighted by molar-refractivity contribution is -0.138. The first-order valence-corrected chi connectivity index (χ1v) is 7.20. The van der Waals surface area contributed by atoms with Gasteiger partial charge in [-0.3, -0.25) is 4.90 Å². The molecule has 1 aromatic rings. The molecule has 0 saturated heterocycles. The second-order valence-corrected chi connectivity index (χ2v) is 5.57. The van der Waals surface area contributed by atoms with Crippen LogP contribution in [0.3, 0.4) is 0 Å². The predicted molar refractivity (Wildman–Crippen MR) is 73.5 cm³/mol. The quantitative estimate of drug-likeness (QED) is 0.561. The molecule has 2 rings (SSSR count). The Hall–Kier alpha value is -1.13. The van der Waals surface area contributed by atoms with Crippen LogP contribution in [-0.2, 0) is 16.1 Å². The van der Waals surface area contributed by atoms with Gasteiger partial charge in [-0.05, 0) is 31.2 Å². The van der Waals surface area contributed by atoms with Gasteiger partial charge in [-0.1, -0.05) is 12.6 Å². The maximum Gasteiger partial charge on any atom is 0.334 e. The molecule has 98 valence electrons. The molecule has 0 spiro atoms. The normalized spacial score (nSPS) is 14.8. The van der Waals surface area contributed by atoms with Crippen LogP contribution in [0.15, 0.2) is 29.7 Å². The van der Waals surface area contributed by atoms with Crippen LogP contribution in [0.1, 0.15) is 24.6 Å². The molecule has 0 aliphatic heterocycles. The van der Waals surface area contributed by atoms with E-state index in [4.69, 9.17) is 4.74 Å². The molecule has 0 aromatic carbocycles. The summed E-state index contributed by atoms with van der Waals surface area (Å²) in [5.74, 6) is -0.269. The molecule has 4 heteroatoms. The molecule has 1 aromatic heterocycles. The second kappa shape index (κ2) is 6.16. The Labute approximate surface area is 112 Å². The summed E-state index contributed by atoms with van der Waals surface area (Å²) in [5.41, 5.74) is 0.556. The van der Waals surface area contributed by atoms with Gasteiger partial charge < -0.3 is 4.74 Å². The summed E-state index contributed by atoms with van der Waals surface area (Å²) in [7, 11) is 0. The van der Waals surface area contributed by atoms with Crippen LogP contribution in [0.4, 0.5) is 0 Å². The molecule has 0 unspecified atom stereocenters. The first-order valence-electron chi connectivity index (χ1n) is 6.32. The minimum absolute atomic E-state index is 0.269. The Bertz CT molecular complexity index is 409. The number of carbonyl (C=O) groups is 1. The first-order chi connectivity index (χ1) is 8.70. The molecule has 18 heavy (non-hydrogen) atoms. The molecule has 0 N–H and O–H groups in total. The fraction of sp³-hybridized carbons (Fsp3) is 0.500. The molecule has 3 nitrogen and oxygen atoms in total. The Morgan fingerprint density at radius 2 is 2.39 bits per heavy atom. The summed E-state index contributed by atoms with van der Waals surface area (Å²) in [6, 6.07) is 4.80. The summed E-state index contributed by atoms with van der Waals surface area (Å²) in [6.07, 6.45) is 2.45. The van der Waals surface area contributed by atoms with E-state index in [2.05, 4.69) is 29.0 Å². The summed E-state index contributed by atoms with van der Waals surface area (Å²) in [4.78, 5) is 15.2. The molecule has 0 bridgehead atoms. The summed E-state index contributed by atoms with van der Waals surface area (Å²) < 4.78 is 4.98. The SMILES string of the molecule is C=C(CN(Cc1cccs1)C1CC1)C(=O)OCC. The Balaban J connectivity index is 1.90. The van der Waals surface area contributed by atoms with Gasteiger partial charge in [0.2, 0.25) is 0 Å². The standard InChI is InChI=1S/C14H19NO2S/c1-3-17-14(16)11(2)9-15(12-6-7-12)10-13-5-4-8-18-13/h4-5,8,12H,2-3,6-7,9-10H2,1H3. The van der Waals surface area contributed by atoms with E-state index >= 15 is 0 Å². The van der Waals surface area contributed by atoms with Crippen molar-refractivity contribution in [1.82, 2.24) is 4.90 Å². The van der Waals surface area contributed by atoms with Gasteiger partial charge in [-0.15, -0.1) is 11.3 Å². The number of rotatable bonds is 7. The summed E-state index contributed by atoms with van der Waals surface area (Å²) >= 11 is 1.75. The monoisotopic (exact) mass is 265 g/mol. The van der Waals surface area contributed by atoms with E-state index in [-0.39, 0.29) is 5.97 Å². The van der Waals surface area contributed by atoms with Gasteiger partial charge in [0.05, 0.1) is 6.61 Å². The van der Waals surface area contributed by atoms with Gasteiger partial charge in [-0.25, -0.2) is 4.79 Å². The molecule has 1 heterocycles. The maximum atomic E-state index is 11.6. The van der Waals surface area contributed by atoms with Crippen molar-refractivity contribution >= 4 is 17.3 Å². The van der Waals surface area contributed by atoms with E-state index in [1.807, 2.05) is 6.92 Å². The largest absolute Gasteiger partial charge is 0.463 e. The van der Waals surface area contributed by atoms with Crippen LogP contribution in [0.25, 0.3) is 0 Å². The van der Waals surface area contributed by atoms with Crippen LogP contribution in [0, 0.1) is 0 Å². The minimum Gasteiger partial charge on any atom is -0.463 e. The zero-order valence-corrected chi connectivity index (χ0v) is 11.5. The molecular weight excluding hydrogens is 246 g/mol. The third kappa shape index (κ3) is 3.68. The van der Waals surface area contributed by atoms with Crippen molar-refractivity contribution in [2.45, 2.75) is 32.4 Å². The lowest BCUT2D eigenvalue weighted by atomic mass is 10.2. The van der Waals surface area contributed by atoms with Gasteiger partial charge in [0.15, 0.2) is 0 Å². The number of ether oxygens (including phenoxy) is 1. The van der Waals surface area contributed by atoms with Crippen molar-refractivity contribution in [2.75, 3.05) is 13.2 Å². The van der Waals surface area contributed by atoms with Crippen molar-refractivity contribution in [3.8, 4) is 0 Å². The van der Waals surface area contributed by atoms with Crippen LogP contribution in [-0.4, -0.2) is 30.1 Å². The van der Waals surface area contributed by atoms with Gasteiger partial charge in [0.25, 0.3) is 0 Å². The van der Waals surface area contributed by atoms with E-state index in [1.54, 1.807) is 11.3 Å². The van der Waals surface area contributed by atoms with E-state index in [0.29, 0.717) is 24.8 Å². The van der Waals surface area contributed by atoms with E-state index in [9.17, 15) is 4.79 Å². The van der Waals surface area contributed by atoms with Crippen LogP contribution < -0.4 is 0 Å². The topological polar surface area (TPSA) is 29.5 Å². The average Bonchev–Trinajstić information content (AvgIpc) is 3.07. The first kappa shape index (κ1) is 13.3. The lowest BCUT2D eigenvalue weighted by Gasteiger charge is -2.21. The minimum atomic E-state index is -0.269. The number of hydrogen-bond donors (Lipinski definition) is 0. The number of thiophene rings is 1. The van der Waals surface area contributed by atoms with Crippen molar-refractivity contribution in [1.29, 1.82) is 0 Å². The van der Waals surface area contributed by atoms with Crippen LogP contribution in [0.2, 0.25) is 0 Å². The Morgan fingerprint density at radius 1 is 1.61 bits per heavy atom. The summed E-state index contributed by atoms with van der Waals surface area (Å²) in [5, 5.41) is 2.08. The number of carbonyl (C=O) groups excluding carboxylic acids is 1.